The molecule has 2 nitrogen and oxygen atoms in total. The summed E-state index contributed by atoms with van der Waals surface area (Å²) in [6.45, 7) is 5.68. The van der Waals surface area contributed by atoms with Crippen molar-refractivity contribution in [3.8, 4) is 0 Å². The normalized spacial score (nSPS) is 28.7. The smallest absolute Gasteiger partial charge is 0.124 e. The van der Waals surface area contributed by atoms with Gasteiger partial charge in [-0.15, -0.1) is 0 Å². The van der Waals surface area contributed by atoms with E-state index in [4.69, 9.17) is 0 Å². The van der Waals surface area contributed by atoms with Crippen LogP contribution in [0.25, 0.3) is 0 Å². The lowest BCUT2D eigenvalue weighted by Gasteiger charge is -2.23. The van der Waals surface area contributed by atoms with Crippen molar-refractivity contribution in [3.63, 3.8) is 0 Å². The second kappa shape index (κ2) is 3.41. The van der Waals surface area contributed by atoms with E-state index in [9.17, 15) is 4.79 Å². The number of rotatable bonds is 4. The zero-order valence-corrected chi connectivity index (χ0v) is 8.46. The summed E-state index contributed by atoms with van der Waals surface area (Å²) < 4.78 is 0. The number of nitrogens with zero attached hydrogens (tertiary/aromatic N) is 1. The third-order valence-electron chi connectivity index (χ3n) is 3.75. The minimum absolute atomic E-state index is 0.297. The maximum absolute atomic E-state index is 11.0. The molecule has 1 atom stereocenters. The first-order valence-corrected chi connectivity index (χ1v) is 5.42. The largest absolute Gasteiger partial charge is 0.303 e. The topological polar surface area (TPSA) is 20.3 Å². The predicted molar refractivity (Wildman–Crippen MR) is 52.6 cm³/mol. The van der Waals surface area contributed by atoms with E-state index in [0.29, 0.717) is 11.3 Å². The Morgan fingerprint density at radius 3 is 2.46 bits per heavy atom. The monoisotopic (exact) mass is 181 g/mol. The molecule has 0 amide bonds. The second-order valence-electron chi connectivity index (χ2n) is 4.90. The first-order chi connectivity index (χ1) is 6.24. The molecule has 2 heteroatoms. The fraction of sp³-hybridized carbons (Fsp3) is 0.909. The zero-order valence-electron chi connectivity index (χ0n) is 8.46. The highest BCUT2D eigenvalue weighted by Gasteiger charge is 2.45. The quantitative estimate of drug-likeness (QED) is 0.615. The molecule has 13 heavy (non-hydrogen) atoms. The first kappa shape index (κ1) is 9.20. The van der Waals surface area contributed by atoms with Crippen LogP contribution >= 0.6 is 0 Å². The van der Waals surface area contributed by atoms with Crippen LogP contribution in [-0.4, -0.2) is 30.8 Å². The summed E-state index contributed by atoms with van der Waals surface area (Å²) in [4.78, 5) is 13.4. The summed E-state index contributed by atoms with van der Waals surface area (Å²) in [6, 6.07) is 0. The highest BCUT2D eigenvalue weighted by Crippen LogP contribution is 2.51. The first-order valence-electron chi connectivity index (χ1n) is 5.42. The summed E-state index contributed by atoms with van der Waals surface area (Å²) in [5.74, 6) is 0.297. The van der Waals surface area contributed by atoms with E-state index < -0.39 is 0 Å². The SMILES string of the molecule is CC1(C(C=O)CN2CCCC2)CC1. The Morgan fingerprint density at radius 1 is 1.38 bits per heavy atom. The van der Waals surface area contributed by atoms with Gasteiger partial charge < -0.3 is 9.69 Å². The van der Waals surface area contributed by atoms with Gasteiger partial charge in [-0.1, -0.05) is 6.92 Å². The molecular weight excluding hydrogens is 162 g/mol. The van der Waals surface area contributed by atoms with E-state index in [2.05, 4.69) is 11.8 Å². The van der Waals surface area contributed by atoms with Crippen molar-refractivity contribution in [1.82, 2.24) is 4.90 Å². The Labute approximate surface area is 80.3 Å². The van der Waals surface area contributed by atoms with Gasteiger partial charge in [-0.3, -0.25) is 0 Å². The molecule has 74 valence electrons. The van der Waals surface area contributed by atoms with Crippen LogP contribution in [0.5, 0.6) is 0 Å². The van der Waals surface area contributed by atoms with E-state index >= 15 is 0 Å². The average molecular weight is 181 g/mol. The molecule has 0 aromatic carbocycles. The molecule has 1 heterocycles. The maximum atomic E-state index is 11.0. The van der Waals surface area contributed by atoms with Crippen LogP contribution in [0.4, 0.5) is 0 Å². The number of likely N-dealkylation sites (tertiary alicyclic amines) is 1. The summed E-state index contributed by atoms with van der Waals surface area (Å²) in [5, 5.41) is 0. The van der Waals surface area contributed by atoms with Gasteiger partial charge in [-0.2, -0.15) is 0 Å². The van der Waals surface area contributed by atoms with Crippen molar-refractivity contribution in [2.75, 3.05) is 19.6 Å². The van der Waals surface area contributed by atoms with Gasteiger partial charge in [0.1, 0.15) is 6.29 Å². The third-order valence-corrected chi connectivity index (χ3v) is 3.75. The van der Waals surface area contributed by atoms with Crippen LogP contribution in [0.15, 0.2) is 0 Å². The summed E-state index contributed by atoms with van der Waals surface area (Å²) in [6.07, 6.45) is 6.34. The molecule has 0 N–H and O–H groups in total. The van der Waals surface area contributed by atoms with E-state index in [1.807, 2.05) is 0 Å². The summed E-state index contributed by atoms with van der Waals surface area (Å²) >= 11 is 0. The highest BCUT2D eigenvalue weighted by atomic mass is 16.1. The predicted octanol–water partition coefficient (Wildman–Crippen LogP) is 1.70. The standard InChI is InChI=1S/C11H19NO/c1-11(4-5-11)10(9-13)8-12-6-2-3-7-12/h9-10H,2-8H2,1H3. The molecule has 1 unspecified atom stereocenters. The van der Waals surface area contributed by atoms with Crippen molar-refractivity contribution >= 4 is 6.29 Å². The minimum atomic E-state index is 0.297. The van der Waals surface area contributed by atoms with Crippen molar-refractivity contribution in [2.45, 2.75) is 32.6 Å². The van der Waals surface area contributed by atoms with Crippen molar-refractivity contribution < 1.29 is 4.79 Å². The van der Waals surface area contributed by atoms with Crippen LogP contribution in [0, 0.1) is 11.3 Å². The fourth-order valence-corrected chi connectivity index (χ4v) is 2.24. The average Bonchev–Trinajstić information content (AvgIpc) is 2.70. The van der Waals surface area contributed by atoms with Gasteiger partial charge in [0.15, 0.2) is 0 Å². The van der Waals surface area contributed by atoms with E-state index in [1.165, 1.54) is 45.1 Å². The third kappa shape index (κ3) is 1.93. The van der Waals surface area contributed by atoms with Gasteiger partial charge in [0, 0.05) is 12.5 Å². The van der Waals surface area contributed by atoms with Gasteiger partial charge in [-0.25, -0.2) is 0 Å². The molecule has 0 radical (unpaired) electrons. The highest BCUT2D eigenvalue weighted by molar-refractivity contribution is 5.56. The Kier molecular flexibility index (Phi) is 2.41. The van der Waals surface area contributed by atoms with Crippen molar-refractivity contribution in [3.05, 3.63) is 0 Å². The van der Waals surface area contributed by atoms with Gasteiger partial charge in [0.2, 0.25) is 0 Å². The summed E-state index contributed by atoms with van der Waals surface area (Å²) in [7, 11) is 0. The molecule has 1 saturated carbocycles. The molecule has 2 aliphatic rings. The van der Waals surface area contributed by atoms with Gasteiger partial charge >= 0.3 is 0 Å². The Morgan fingerprint density at radius 2 is 2.00 bits per heavy atom. The molecule has 1 aliphatic heterocycles. The summed E-state index contributed by atoms with van der Waals surface area (Å²) in [5.41, 5.74) is 0.365. The Hall–Kier alpha value is -0.370. The van der Waals surface area contributed by atoms with Gasteiger partial charge in [-0.05, 0) is 44.2 Å². The molecule has 0 aromatic rings. The van der Waals surface area contributed by atoms with Crippen LogP contribution in [0.2, 0.25) is 0 Å². The van der Waals surface area contributed by atoms with Crippen molar-refractivity contribution in [2.24, 2.45) is 11.3 Å². The van der Waals surface area contributed by atoms with Crippen LogP contribution in [-0.2, 0) is 4.79 Å². The maximum Gasteiger partial charge on any atom is 0.124 e. The molecule has 0 aromatic heterocycles. The molecule has 2 fully saturated rings. The lowest BCUT2D eigenvalue weighted by molar-refractivity contribution is -0.113. The van der Waals surface area contributed by atoms with Gasteiger partial charge in [0.05, 0.1) is 0 Å². The van der Waals surface area contributed by atoms with Crippen LogP contribution < -0.4 is 0 Å². The van der Waals surface area contributed by atoms with Crippen LogP contribution in [0.1, 0.15) is 32.6 Å². The Bertz CT molecular complexity index is 192. The zero-order chi connectivity index (χ0) is 9.31. The number of hydrogen-bond acceptors (Lipinski definition) is 2. The van der Waals surface area contributed by atoms with E-state index in [-0.39, 0.29) is 0 Å². The molecule has 0 spiro atoms. The molecule has 1 saturated heterocycles. The van der Waals surface area contributed by atoms with Crippen LogP contribution in [0.3, 0.4) is 0 Å². The number of carbonyl (C=O) groups excluding carboxylic acids is 1. The number of hydrogen-bond donors (Lipinski definition) is 0. The molecule has 1 aliphatic carbocycles. The number of aldehydes is 1. The fourth-order valence-electron chi connectivity index (χ4n) is 2.24. The Balaban J connectivity index is 1.86. The molecule has 0 bridgehead atoms. The molecule has 2 rings (SSSR count). The molecular formula is C11H19NO. The van der Waals surface area contributed by atoms with E-state index in [0.717, 1.165) is 6.54 Å². The van der Waals surface area contributed by atoms with E-state index in [1.54, 1.807) is 0 Å². The minimum Gasteiger partial charge on any atom is -0.303 e. The lowest BCUT2D eigenvalue weighted by atomic mass is 9.92. The lowest BCUT2D eigenvalue weighted by Crippen LogP contribution is -2.31. The van der Waals surface area contributed by atoms with Gasteiger partial charge in [0.25, 0.3) is 0 Å². The number of carbonyl (C=O) groups is 1. The second-order valence-corrected chi connectivity index (χ2v) is 4.90. The van der Waals surface area contributed by atoms with Crippen molar-refractivity contribution in [1.29, 1.82) is 0 Å².